The fourth-order valence-corrected chi connectivity index (χ4v) is 2.42. The van der Waals surface area contributed by atoms with Gasteiger partial charge in [0.25, 0.3) is 0 Å². The highest BCUT2D eigenvalue weighted by Crippen LogP contribution is 2.19. The minimum absolute atomic E-state index is 0.0263. The van der Waals surface area contributed by atoms with Crippen molar-refractivity contribution in [1.29, 1.82) is 0 Å². The monoisotopic (exact) mass is 358 g/mol. The maximum absolute atomic E-state index is 11.7. The lowest BCUT2D eigenvalue weighted by Gasteiger charge is -2.10. The number of hydrogen-bond donors (Lipinski definition) is 3. The minimum atomic E-state index is -3.60. The summed E-state index contributed by atoms with van der Waals surface area (Å²) in [5.41, 5.74) is 0.0654. The van der Waals surface area contributed by atoms with Gasteiger partial charge in [0, 0.05) is 24.9 Å². The van der Waals surface area contributed by atoms with E-state index in [9.17, 15) is 22.8 Å². The first-order valence-electron chi connectivity index (χ1n) is 6.83. The summed E-state index contributed by atoms with van der Waals surface area (Å²) in [6, 6.07) is 2.98. The number of anilines is 1. The number of benzene rings is 1. The van der Waals surface area contributed by atoms with Gasteiger partial charge in [-0.05, 0) is 24.6 Å². The predicted octanol–water partition coefficient (Wildman–Crippen LogP) is 0.863. The van der Waals surface area contributed by atoms with Gasteiger partial charge in [-0.2, -0.15) is 0 Å². The average Bonchev–Trinajstić information content (AvgIpc) is 2.49. The number of hydrogen-bond acceptors (Lipinski definition) is 6. The molecule has 0 heterocycles. The van der Waals surface area contributed by atoms with Crippen LogP contribution in [0.1, 0.15) is 23.2 Å². The van der Waals surface area contributed by atoms with E-state index in [1.165, 1.54) is 12.1 Å². The van der Waals surface area contributed by atoms with E-state index in [-0.39, 0.29) is 35.5 Å². The molecule has 24 heavy (non-hydrogen) atoms. The molecular formula is C14H18N2O7S. The average molecular weight is 358 g/mol. The zero-order valence-corrected chi connectivity index (χ0v) is 14.0. The van der Waals surface area contributed by atoms with Crippen LogP contribution in [0.2, 0.25) is 0 Å². The number of nitrogens with one attached hydrogen (secondary N) is 2. The Labute approximate surface area is 138 Å². The predicted molar refractivity (Wildman–Crippen MR) is 84.8 cm³/mol. The summed E-state index contributed by atoms with van der Waals surface area (Å²) in [7, 11) is -2.45. The SMILES string of the molecule is COC(=O)c1cc(NC(=O)NCCCC(=O)O)cc(S(C)(=O)=O)c1. The molecule has 0 unspecified atom stereocenters. The van der Waals surface area contributed by atoms with Gasteiger partial charge in [0.15, 0.2) is 9.84 Å². The zero-order chi connectivity index (χ0) is 18.3. The van der Waals surface area contributed by atoms with Crippen molar-refractivity contribution in [3.05, 3.63) is 23.8 Å². The molecule has 0 aromatic heterocycles. The van der Waals surface area contributed by atoms with E-state index in [0.29, 0.717) is 0 Å². The summed E-state index contributed by atoms with van der Waals surface area (Å²) in [6.45, 7) is 0.133. The second-order valence-corrected chi connectivity index (χ2v) is 6.90. The number of carbonyl (C=O) groups is 3. The van der Waals surface area contributed by atoms with Gasteiger partial charge >= 0.3 is 18.0 Å². The Kier molecular flexibility index (Phi) is 6.71. The Bertz CT molecular complexity index is 743. The van der Waals surface area contributed by atoms with E-state index in [4.69, 9.17) is 5.11 Å². The molecule has 0 radical (unpaired) electrons. The molecule has 0 atom stereocenters. The zero-order valence-electron chi connectivity index (χ0n) is 13.2. The molecule has 10 heteroatoms. The van der Waals surface area contributed by atoms with Gasteiger partial charge in [-0.25, -0.2) is 18.0 Å². The van der Waals surface area contributed by atoms with Crippen LogP contribution in [-0.4, -0.2) is 51.4 Å². The van der Waals surface area contributed by atoms with Crippen LogP contribution >= 0.6 is 0 Å². The molecule has 1 rings (SSSR count). The Morgan fingerprint density at radius 2 is 1.88 bits per heavy atom. The molecule has 0 aliphatic carbocycles. The molecule has 3 N–H and O–H groups in total. The fraction of sp³-hybridized carbons (Fsp3) is 0.357. The summed E-state index contributed by atoms with van der Waals surface area (Å²) >= 11 is 0. The fourth-order valence-electron chi connectivity index (χ4n) is 1.74. The van der Waals surface area contributed by atoms with E-state index >= 15 is 0 Å². The normalized spacial score (nSPS) is 10.8. The van der Waals surface area contributed by atoms with Crippen molar-refractivity contribution >= 4 is 33.5 Å². The van der Waals surface area contributed by atoms with Gasteiger partial charge in [-0.3, -0.25) is 4.79 Å². The Morgan fingerprint density at radius 3 is 2.42 bits per heavy atom. The summed E-state index contributed by atoms with van der Waals surface area (Å²) in [5.74, 6) is -1.72. The third-order valence-corrected chi connectivity index (χ3v) is 3.96. The number of sulfone groups is 1. The molecule has 0 aliphatic heterocycles. The largest absolute Gasteiger partial charge is 0.481 e. The smallest absolute Gasteiger partial charge is 0.337 e. The van der Waals surface area contributed by atoms with Crippen LogP contribution in [0.15, 0.2) is 23.1 Å². The summed E-state index contributed by atoms with van der Waals surface area (Å²) in [6.07, 6.45) is 1.13. The van der Waals surface area contributed by atoms with E-state index < -0.39 is 27.8 Å². The number of amides is 2. The second kappa shape index (κ2) is 8.29. The van der Waals surface area contributed by atoms with Crippen LogP contribution in [0.25, 0.3) is 0 Å². The van der Waals surface area contributed by atoms with Crippen molar-refractivity contribution in [3.8, 4) is 0 Å². The maximum Gasteiger partial charge on any atom is 0.337 e. The van der Waals surface area contributed by atoms with Gasteiger partial charge in [-0.15, -0.1) is 0 Å². The molecule has 9 nitrogen and oxygen atoms in total. The van der Waals surface area contributed by atoms with Gasteiger partial charge < -0.3 is 20.5 Å². The minimum Gasteiger partial charge on any atom is -0.481 e. The second-order valence-electron chi connectivity index (χ2n) is 4.89. The number of carboxylic acid groups (broad SMARTS) is 1. The Hall–Kier alpha value is -2.62. The molecule has 1 aromatic carbocycles. The van der Waals surface area contributed by atoms with Crippen LogP contribution in [0.3, 0.4) is 0 Å². The summed E-state index contributed by atoms with van der Waals surface area (Å²) in [4.78, 5) is 33.6. The van der Waals surface area contributed by atoms with Gasteiger partial charge in [0.2, 0.25) is 0 Å². The number of rotatable bonds is 7. The lowest BCUT2D eigenvalue weighted by Crippen LogP contribution is -2.30. The molecular weight excluding hydrogens is 340 g/mol. The molecule has 0 saturated heterocycles. The summed E-state index contributed by atoms with van der Waals surface area (Å²) in [5, 5.41) is 13.3. The van der Waals surface area contributed by atoms with Crippen LogP contribution in [0, 0.1) is 0 Å². The van der Waals surface area contributed by atoms with Crippen LogP contribution in [-0.2, 0) is 19.4 Å². The van der Waals surface area contributed by atoms with Gasteiger partial charge in [0.1, 0.15) is 0 Å². The molecule has 0 fully saturated rings. The maximum atomic E-state index is 11.7. The first-order chi connectivity index (χ1) is 11.1. The number of carbonyl (C=O) groups excluding carboxylic acids is 2. The quantitative estimate of drug-likeness (QED) is 0.485. The molecule has 0 bridgehead atoms. The van der Waals surface area contributed by atoms with E-state index in [1.54, 1.807) is 0 Å². The van der Waals surface area contributed by atoms with E-state index in [0.717, 1.165) is 19.4 Å². The first-order valence-corrected chi connectivity index (χ1v) is 8.72. The molecule has 2 amide bonds. The molecule has 0 saturated carbocycles. The van der Waals surface area contributed by atoms with E-state index in [2.05, 4.69) is 15.4 Å². The number of esters is 1. The van der Waals surface area contributed by atoms with Crippen LogP contribution in [0.4, 0.5) is 10.5 Å². The number of methoxy groups -OCH3 is 1. The summed E-state index contributed by atoms with van der Waals surface area (Å²) < 4.78 is 27.9. The Balaban J connectivity index is 2.88. The molecule has 0 aliphatic rings. The van der Waals surface area contributed by atoms with Crippen molar-refractivity contribution in [2.45, 2.75) is 17.7 Å². The third-order valence-electron chi connectivity index (χ3n) is 2.87. The number of urea groups is 1. The molecule has 0 spiro atoms. The number of carboxylic acids is 1. The first kappa shape index (κ1) is 19.4. The van der Waals surface area contributed by atoms with Crippen molar-refractivity contribution in [3.63, 3.8) is 0 Å². The van der Waals surface area contributed by atoms with Crippen molar-refractivity contribution in [2.24, 2.45) is 0 Å². The lowest BCUT2D eigenvalue weighted by atomic mass is 10.2. The van der Waals surface area contributed by atoms with Crippen LogP contribution in [0.5, 0.6) is 0 Å². The Morgan fingerprint density at radius 1 is 1.21 bits per heavy atom. The van der Waals surface area contributed by atoms with Crippen LogP contribution < -0.4 is 10.6 Å². The van der Waals surface area contributed by atoms with E-state index in [1.807, 2.05) is 0 Å². The van der Waals surface area contributed by atoms with Crippen molar-refractivity contribution in [1.82, 2.24) is 5.32 Å². The molecule has 1 aromatic rings. The highest BCUT2D eigenvalue weighted by molar-refractivity contribution is 7.90. The van der Waals surface area contributed by atoms with Gasteiger partial charge in [0.05, 0.1) is 17.6 Å². The highest BCUT2D eigenvalue weighted by atomic mass is 32.2. The standard InChI is InChI=1S/C14H18N2O7S/c1-23-13(19)9-6-10(8-11(7-9)24(2,21)22)16-14(20)15-5-3-4-12(17)18/h6-8H,3-5H2,1-2H3,(H,17,18)(H2,15,16,20). The van der Waals surface area contributed by atoms with Gasteiger partial charge in [-0.1, -0.05) is 0 Å². The third kappa shape index (κ3) is 6.24. The topological polar surface area (TPSA) is 139 Å². The molecule has 132 valence electrons. The highest BCUT2D eigenvalue weighted by Gasteiger charge is 2.15. The lowest BCUT2D eigenvalue weighted by molar-refractivity contribution is -0.137. The number of ether oxygens (including phenoxy) is 1. The van der Waals surface area contributed by atoms with Crippen molar-refractivity contribution in [2.75, 3.05) is 25.2 Å². The number of aliphatic carboxylic acids is 1. The van der Waals surface area contributed by atoms with Crippen molar-refractivity contribution < 1.29 is 32.6 Å².